The van der Waals surface area contributed by atoms with Gasteiger partial charge in [0.05, 0.1) is 17.5 Å². The van der Waals surface area contributed by atoms with Crippen molar-refractivity contribution in [1.29, 1.82) is 0 Å². The van der Waals surface area contributed by atoms with Gasteiger partial charge in [0.1, 0.15) is 22.1 Å². The Morgan fingerprint density at radius 2 is 2.07 bits per heavy atom. The summed E-state index contributed by atoms with van der Waals surface area (Å²) in [6, 6.07) is 7.29. The lowest BCUT2D eigenvalue weighted by atomic mass is 10.2. The first-order valence-corrected chi connectivity index (χ1v) is 9.47. The average molecular weight is 417 g/mol. The molecular weight excluding hydrogens is 400 g/mol. The number of benzene rings is 1. The molecule has 0 saturated heterocycles. The van der Waals surface area contributed by atoms with Gasteiger partial charge >= 0.3 is 5.97 Å². The molecule has 6 nitrogen and oxygen atoms in total. The van der Waals surface area contributed by atoms with E-state index in [1.165, 1.54) is 7.11 Å². The van der Waals surface area contributed by atoms with Crippen LogP contribution in [0.5, 0.6) is 5.75 Å². The summed E-state index contributed by atoms with van der Waals surface area (Å²) in [4.78, 5) is 32.2. The molecule has 2 heterocycles. The Labute approximate surface area is 170 Å². The summed E-state index contributed by atoms with van der Waals surface area (Å²) < 4.78 is 10.2. The Kier molecular flexibility index (Phi) is 5.96. The fourth-order valence-corrected chi connectivity index (χ4v) is 3.89. The van der Waals surface area contributed by atoms with Crippen molar-refractivity contribution < 1.29 is 14.3 Å². The van der Waals surface area contributed by atoms with E-state index < -0.39 is 5.97 Å². The van der Waals surface area contributed by atoms with Crippen LogP contribution in [0.4, 0.5) is 0 Å². The fourth-order valence-electron chi connectivity index (χ4n) is 2.57. The van der Waals surface area contributed by atoms with Crippen molar-refractivity contribution in [3.63, 3.8) is 0 Å². The fraction of sp³-hybridized carbons (Fsp3) is 0.150. The molecule has 3 rings (SSSR count). The second-order valence-electron chi connectivity index (χ2n) is 5.80. The van der Waals surface area contributed by atoms with Gasteiger partial charge in [-0.05, 0) is 36.3 Å². The van der Waals surface area contributed by atoms with E-state index in [9.17, 15) is 9.59 Å². The van der Waals surface area contributed by atoms with Gasteiger partial charge in [-0.1, -0.05) is 36.4 Å². The first-order valence-electron chi connectivity index (χ1n) is 8.27. The number of hydrogen-bond donors (Lipinski definition) is 1. The van der Waals surface area contributed by atoms with E-state index in [0.29, 0.717) is 33.0 Å². The summed E-state index contributed by atoms with van der Waals surface area (Å²) in [7, 11) is 1.29. The number of methoxy groups -OCH3 is 1. The second-order valence-corrected chi connectivity index (χ2v) is 7.21. The molecular formula is C20H17ClN2O4S. The van der Waals surface area contributed by atoms with Gasteiger partial charge in [-0.25, -0.2) is 9.78 Å². The Bertz CT molecular complexity index is 1130. The van der Waals surface area contributed by atoms with E-state index in [1.54, 1.807) is 19.1 Å². The SMILES string of the molecule is C=CCOc1ccc(/C=C(\Cl)c2nc3sc(C(=O)OC)c(C)c3c(=O)[nH]2)cc1. The normalized spacial score (nSPS) is 11.5. The molecule has 0 aliphatic carbocycles. The van der Waals surface area contributed by atoms with E-state index in [4.69, 9.17) is 21.1 Å². The first-order chi connectivity index (χ1) is 13.4. The topological polar surface area (TPSA) is 81.3 Å². The number of nitrogens with zero attached hydrogens (tertiary/aromatic N) is 1. The van der Waals surface area contributed by atoms with E-state index in [0.717, 1.165) is 16.9 Å². The summed E-state index contributed by atoms with van der Waals surface area (Å²) in [5.41, 5.74) is 1.00. The van der Waals surface area contributed by atoms with E-state index in [1.807, 2.05) is 24.3 Å². The van der Waals surface area contributed by atoms with Crippen molar-refractivity contribution in [3.05, 3.63) is 69.1 Å². The lowest BCUT2D eigenvalue weighted by molar-refractivity contribution is 0.0605. The number of aryl methyl sites for hydroxylation is 1. The van der Waals surface area contributed by atoms with Gasteiger partial charge in [0.15, 0.2) is 5.82 Å². The van der Waals surface area contributed by atoms with Crippen LogP contribution in [0.2, 0.25) is 0 Å². The van der Waals surface area contributed by atoms with Gasteiger partial charge in [-0.2, -0.15) is 0 Å². The number of esters is 1. The van der Waals surface area contributed by atoms with Crippen molar-refractivity contribution in [2.75, 3.05) is 13.7 Å². The molecule has 0 amide bonds. The van der Waals surface area contributed by atoms with Crippen LogP contribution in [0.3, 0.4) is 0 Å². The standard InChI is InChI=1S/C20H17ClN2O4S/c1-4-9-27-13-7-5-12(6-8-13)10-14(21)17-22-18(24)15-11(2)16(20(25)26-3)28-19(15)23-17/h4-8,10H,1,9H2,2-3H3,(H,22,23,24)/b14-10-. The number of hydrogen-bond acceptors (Lipinski definition) is 6. The highest BCUT2D eigenvalue weighted by molar-refractivity contribution is 7.20. The predicted octanol–water partition coefficient (Wildman–Crippen LogP) is 4.38. The molecule has 0 fully saturated rings. The zero-order chi connectivity index (χ0) is 20.3. The molecule has 0 atom stereocenters. The van der Waals surface area contributed by atoms with Crippen molar-refractivity contribution in [2.45, 2.75) is 6.92 Å². The third-order valence-electron chi connectivity index (χ3n) is 3.94. The second kappa shape index (κ2) is 8.41. The van der Waals surface area contributed by atoms with Crippen LogP contribution in [0.1, 0.15) is 26.6 Å². The molecule has 8 heteroatoms. The van der Waals surface area contributed by atoms with Gasteiger partial charge in [-0.3, -0.25) is 4.79 Å². The van der Waals surface area contributed by atoms with Crippen molar-refractivity contribution in [3.8, 4) is 5.75 Å². The highest BCUT2D eigenvalue weighted by Gasteiger charge is 2.20. The smallest absolute Gasteiger partial charge is 0.348 e. The summed E-state index contributed by atoms with van der Waals surface area (Å²) in [6.45, 7) is 5.72. The van der Waals surface area contributed by atoms with Crippen LogP contribution in [0.25, 0.3) is 21.3 Å². The molecule has 0 bridgehead atoms. The third kappa shape index (κ3) is 4.00. The molecule has 2 aromatic heterocycles. The summed E-state index contributed by atoms with van der Waals surface area (Å²) >= 11 is 7.47. The predicted molar refractivity (Wildman–Crippen MR) is 112 cm³/mol. The zero-order valence-electron chi connectivity index (χ0n) is 15.2. The van der Waals surface area contributed by atoms with Crippen LogP contribution >= 0.6 is 22.9 Å². The van der Waals surface area contributed by atoms with E-state index in [-0.39, 0.29) is 16.4 Å². The number of fused-ring (bicyclic) bond motifs is 1. The number of halogens is 1. The maximum absolute atomic E-state index is 12.5. The number of nitrogens with one attached hydrogen (secondary N) is 1. The zero-order valence-corrected chi connectivity index (χ0v) is 16.8. The molecule has 1 aromatic carbocycles. The van der Waals surface area contributed by atoms with Crippen molar-refractivity contribution in [1.82, 2.24) is 9.97 Å². The molecule has 0 spiro atoms. The molecule has 0 aliphatic rings. The molecule has 1 N–H and O–H groups in total. The maximum atomic E-state index is 12.5. The maximum Gasteiger partial charge on any atom is 0.348 e. The average Bonchev–Trinajstić information content (AvgIpc) is 3.03. The number of rotatable bonds is 6. The minimum atomic E-state index is -0.498. The lowest BCUT2D eigenvalue weighted by Crippen LogP contribution is -2.10. The number of aromatic nitrogens is 2. The van der Waals surface area contributed by atoms with E-state index in [2.05, 4.69) is 16.5 Å². The molecule has 3 aromatic rings. The quantitative estimate of drug-likeness (QED) is 0.476. The summed E-state index contributed by atoms with van der Waals surface area (Å²) in [5.74, 6) is 0.441. The van der Waals surface area contributed by atoms with Crippen LogP contribution in [-0.4, -0.2) is 29.7 Å². The van der Waals surface area contributed by atoms with Crippen LogP contribution < -0.4 is 10.3 Å². The molecule has 0 unspecified atom stereocenters. The Balaban J connectivity index is 1.96. The van der Waals surface area contributed by atoms with Crippen LogP contribution in [0.15, 0.2) is 41.7 Å². The lowest BCUT2D eigenvalue weighted by Gasteiger charge is -2.04. The monoisotopic (exact) mass is 416 g/mol. The van der Waals surface area contributed by atoms with Gasteiger partial charge in [0.25, 0.3) is 5.56 Å². The Hall–Kier alpha value is -2.90. The largest absolute Gasteiger partial charge is 0.490 e. The number of ether oxygens (including phenoxy) is 2. The number of aromatic amines is 1. The van der Waals surface area contributed by atoms with Gasteiger partial charge in [-0.15, -0.1) is 11.3 Å². The molecule has 28 heavy (non-hydrogen) atoms. The molecule has 144 valence electrons. The number of H-pyrrole nitrogens is 1. The third-order valence-corrected chi connectivity index (χ3v) is 5.39. The highest BCUT2D eigenvalue weighted by Crippen LogP contribution is 2.29. The number of carbonyl (C=O) groups excluding carboxylic acids is 1. The number of thiophene rings is 1. The Morgan fingerprint density at radius 3 is 2.71 bits per heavy atom. The number of carbonyl (C=O) groups is 1. The van der Waals surface area contributed by atoms with Gasteiger partial charge < -0.3 is 14.5 Å². The summed E-state index contributed by atoms with van der Waals surface area (Å²) in [6.07, 6.45) is 3.35. The molecule has 0 radical (unpaired) electrons. The first kappa shape index (κ1) is 19.9. The minimum absolute atomic E-state index is 0.226. The van der Waals surface area contributed by atoms with Crippen LogP contribution in [-0.2, 0) is 4.74 Å². The minimum Gasteiger partial charge on any atom is -0.490 e. The van der Waals surface area contributed by atoms with Crippen LogP contribution in [0, 0.1) is 6.92 Å². The van der Waals surface area contributed by atoms with E-state index >= 15 is 0 Å². The van der Waals surface area contributed by atoms with Gasteiger partial charge in [0, 0.05) is 0 Å². The molecule has 0 saturated carbocycles. The summed E-state index contributed by atoms with van der Waals surface area (Å²) in [5, 5.41) is 0.631. The Morgan fingerprint density at radius 1 is 1.36 bits per heavy atom. The highest BCUT2D eigenvalue weighted by atomic mass is 35.5. The van der Waals surface area contributed by atoms with Crippen molar-refractivity contribution >= 4 is 50.2 Å². The van der Waals surface area contributed by atoms with Gasteiger partial charge in [0.2, 0.25) is 0 Å². The molecule has 0 aliphatic heterocycles. The van der Waals surface area contributed by atoms with Crippen molar-refractivity contribution in [2.24, 2.45) is 0 Å².